The van der Waals surface area contributed by atoms with Crippen LogP contribution in [0, 0.1) is 0 Å². The highest BCUT2D eigenvalue weighted by Crippen LogP contribution is 2.13. The molecule has 0 rings (SSSR count). The zero-order valence-electron chi connectivity index (χ0n) is 44.1. The number of rotatable bonds is 49. The lowest BCUT2D eigenvalue weighted by molar-refractivity contribution is -0.167. The van der Waals surface area contributed by atoms with Crippen LogP contribution in [-0.4, -0.2) is 37.2 Å². The standard InChI is InChI=1S/C62H102O6/c1-4-7-10-13-16-18-20-22-23-24-25-26-27-28-29-30-31-32-33-34-35-36-37-38-39-41-42-44-46-49-52-55-61(64)67-58-59(57-66-60(63)54-51-48-15-12-9-6-3)68-62(65)56-53-50-47-45-43-40-21-19-17-14-11-8-5-2/h7,10,16,18-19,21-23,25-26,28-29,31-32,34-35,37-38,59H,4-6,8-9,11-15,17,20,24,27,30,33,36,39-58H2,1-3H3/b10-7-,18-16-,21-19-,23-22-,26-25-,29-28-,32-31-,35-34-,38-37-. The number of carbonyl (C=O) groups is 3. The smallest absolute Gasteiger partial charge is 0.306 e. The lowest BCUT2D eigenvalue weighted by Crippen LogP contribution is -2.30. The molecule has 0 fully saturated rings. The normalized spacial score (nSPS) is 12.9. The molecule has 0 saturated heterocycles. The molecule has 0 aromatic carbocycles. The van der Waals surface area contributed by atoms with E-state index >= 15 is 0 Å². The molecule has 6 nitrogen and oxygen atoms in total. The second kappa shape index (κ2) is 55.7. The number of ether oxygens (including phenoxy) is 3. The van der Waals surface area contributed by atoms with Crippen molar-refractivity contribution in [2.45, 2.75) is 252 Å². The highest BCUT2D eigenvalue weighted by molar-refractivity contribution is 5.71. The summed E-state index contributed by atoms with van der Waals surface area (Å²) < 4.78 is 16.7. The number of esters is 3. The molecule has 386 valence electrons. The molecule has 1 atom stereocenters. The summed E-state index contributed by atoms with van der Waals surface area (Å²) >= 11 is 0. The second-order valence-electron chi connectivity index (χ2n) is 18.1. The lowest BCUT2D eigenvalue weighted by Gasteiger charge is -2.18. The lowest BCUT2D eigenvalue weighted by atomic mass is 10.1. The molecule has 0 aromatic rings. The summed E-state index contributed by atoms with van der Waals surface area (Å²) in [6.45, 7) is 6.42. The van der Waals surface area contributed by atoms with Crippen molar-refractivity contribution in [3.63, 3.8) is 0 Å². The zero-order valence-corrected chi connectivity index (χ0v) is 44.1. The molecule has 1 unspecified atom stereocenters. The van der Waals surface area contributed by atoms with Gasteiger partial charge in [-0.05, 0) is 109 Å². The minimum atomic E-state index is -0.785. The highest BCUT2D eigenvalue weighted by atomic mass is 16.6. The van der Waals surface area contributed by atoms with Crippen LogP contribution in [0.15, 0.2) is 109 Å². The Bertz CT molecular complexity index is 1410. The molecule has 0 spiro atoms. The van der Waals surface area contributed by atoms with E-state index in [1.807, 2.05) is 0 Å². The Morgan fingerprint density at radius 1 is 0.309 bits per heavy atom. The van der Waals surface area contributed by atoms with Gasteiger partial charge in [0, 0.05) is 19.3 Å². The number of carbonyl (C=O) groups excluding carboxylic acids is 3. The monoisotopic (exact) mass is 943 g/mol. The van der Waals surface area contributed by atoms with Gasteiger partial charge in [0.25, 0.3) is 0 Å². The fraction of sp³-hybridized carbons (Fsp3) is 0.661. The van der Waals surface area contributed by atoms with Crippen molar-refractivity contribution < 1.29 is 28.6 Å². The van der Waals surface area contributed by atoms with E-state index in [9.17, 15) is 14.4 Å². The molecule has 68 heavy (non-hydrogen) atoms. The Morgan fingerprint density at radius 3 is 0.926 bits per heavy atom. The molecule has 0 radical (unpaired) electrons. The number of hydrogen-bond donors (Lipinski definition) is 0. The van der Waals surface area contributed by atoms with Gasteiger partial charge in [0.1, 0.15) is 13.2 Å². The van der Waals surface area contributed by atoms with Crippen LogP contribution in [0.5, 0.6) is 0 Å². The third-order valence-corrected chi connectivity index (χ3v) is 11.5. The predicted molar refractivity (Wildman–Crippen MR) is 293 cm³/mol. The van der Waals surface area contributed by atoms with Crippen molar-refractivity contribution in [3.8, 4) is 0 Å². The van der Waals surface area contributed by atoms with E-state index in [0.29, 0.717) is 19.3 Å². The summed E-state index contributed by atoms with van der Waals surface area (Å²) in [5, 5.41) is 0. The van der Waals surface area contributed by atoms with Crippen LogP contribution in [0.2, 0.25) is 0 Å². The van der Waals surface area contributed by atoms with E-state index in [2.05, 4.69) is 130 Å². The molecule has 6 heteroatoms. The van der Waals surface area contributed by atoms with Gasteiger partial charge in [-0.2, -0.15) is 0 Å². The van der Waals surface area contributed by atoms with E-state index in [4.69, 9.17) is 14.2 Å². The first kappa shape index (κ1) is 64.1. The van der Waals surface area contributed by atoms with E-state index in [1.54, 1.807) is 0 Å². The second-order valence-corrected chi connectivity index (χ2v) is 18.1. The summed E-state index contributed by atoms with van der Waals surface area (Å²) in [6.07, 6.45) is 75.4. The van der Waals surface area contributed by atoms with Gasteiger partial charge in [0.2, 0.25) is 0 Å². The first-order valence-electron chi connectivity index (χ1n) is 27.9. The zero-order chi connectivity index (χ0) is 49.3. The van der Waals surface area contributed by atoms with Crippen molar-refractivity contribution in [3.05, 3.63) is 109 Å². The molecule has 0 N–H and O–H groups in total. The third kappa shape index (κ3) is 53.0. The SMILES string of the molecule is CC/C=C\C/C=C\C/C=C\C/C=C\C/C=C\C/C=C\C/C=C\C/C=C\CCCCCCCCC(=O)OCC(COC(=O)CCCCCCCC)OC(=O)CCCCCCC/C=C\CCCCCC. The Labute approximate surface area is 419 Å². The van der Waals surface area contributed by atoms with Crippen molar-refractivity contribution in [1.29, 1.82) is 0 Å². The van der Waals surface area contributed by atoms with Gasteiger partial charge < -0.3 is 14.2 Å². The van der Waals surface area contributed by atoms with Gasteiger partial charge in [-0.1, -0.05) is 226 Å². The van der Waals surface area contributed by atoms with Gasteiger partial charge in [0.05, 0.1) is 0 Å². The summed E-state index contributed by atoms with van der Waals surface area (Å²) in [7, 11) is 0. The van der Waals surface area contributed by atoms with Crippen molar-refractivity contribution >= 4 is 17.9 Å². The van der Waals surface area contributed by atoms with Crippen LogP contribution >= 0.6 is 0 Å². The molecule has 0 amide bonds. The summed E-state index contributed by atoms with van der Waals surface area (Å²) in [4.78, 5) is 37.8. The molecule has 0 heterocycles. The van der Waals surface area contributed by atoms with Crippen molar-refractivity contribution in [2.75, 3.05) is 13.2 Å². The van der Waals surface area contributed by atoms with Gasteiger partial charge >= 0.3 is 17.9 Å². The Kier molecular flexibility index (Phi) is 52.4. The van der Waals surface area contributed by atoms with E-state index in [0.717, 1.165) is 135 Å². The average molecular weight is 943 g/mol. The van der Waals surface area contributed by atoms with Crippen LogP contribution in [0.4, 0.5) is 0 Å². The van der Waals surface area contributed by atoms with Crippen molar-refractivity contribution in [1.82, 2.24) is 0 Å². The fourth-order valence-corrected chi connectivity index (χ4v) is 7.33. The first-order valence-corrected chi connectivity index (χ1v) is 27.9. The molecular formula is C62H102O6. The molecule has 0 aromatic heterocycles. The maximum Gasteiger partial charge on any atom is 0.306 e. The number of hydrogen-bond acceptors (Lipinski definition) is 6. The minimum absolute atomic E-state index is 0.0865. The van der Waals surface area contributed by atoms with Gasteiger partial charge in [0.15, 0.2) is 6.10 Å². The van der Waals surface area contributed by atoms with Gasteiger partial charge in [-0.15, -0.1) is 0 Å². The predicted octanol–water partition coefficient (Wildman–Crippen LogP) is 18.7. The fourth-order valence-electron chi connectivity index (χ4n) is 7.33. The Hall–Kier alpha value is -3.93. The summed E-state index contributed by atoms with van der Waals surface area (Å²) in [5.74, 6) is -0.924. The van der Waals surface area contributed by atoms with E-state index in [1.165, 1.54) is 70.6 Å². The van der Waals surface area contributed by atoms with Crippen LogP contribution in [0.3, 0.4) is 0 Å². The quantitative estimate of drug-likeness (QED) is 0.0262. The minimum Gasteiger partial charge on any atom is -0.462 e. The third-order valence-electron chi connectivity index (χ3n) is 11.5. The Balaban J connectivity index is 4.15. The number of unbranched alkanes of at least 4 members (excludes halogenated alkanes) is 20. The largest absolute Gasteiger partial charge is 0.462 e. The van der Waals surface area contributed by atoms with Gasteiger partial charge in [-0.25, -0.2) is 0 Å². The van der Waals surface area contributed by atoms with Crippen molar-refractivity contribution in [2.24, 2.45) is 0 Å². The van der Waals surface area contributed by atoms with Crippen LogP contribution in [-0.2, 0) is 28.6 Å². The first-order chi connectivity index (χ1) is 33.5. The number of allylic oxidation sites excluding steroid dienone is 18. The average Bonchev–Trinajstić information content (AvgIpc) is 3.34. The van der Waals surface area contributed by atoms with Crippen LogP contribution in [0.25, 0.3) is 0 Å². The molecule has 0 bridgehead atoms. The molecule has 0 aliphatic rings. The van der Waals surface area contributed by atoms with Crippen LogP contribution in [0.1, 0.15) is 245 Å². The topological polar surface area (TPSA) is 78.9 Å². The van der Waals surface area contributed by atoms with E-state index < -0.39 is 6.10 Å². The maximum absolute atomic E-state index is 12.7. The highest BCUT2D eigenvalue weighted by Gasteiger charge is 2.19. The van der Waals surface area contributed by atoms with Gasteiger partial charge in [-0.3, -0.25) is 14.4 Å². The Morgan fingerprint density at radius 2 is 0.574 bits per heavy atom. The van der Waals surface area contributed by atoms with Crippen LogP contribution < -0.4 is 0 Å². The molecule has 0 aliphatic heterocycles. The van der Waals surface area contributed by atoms with E-state index in [-0.39, 0.29) is 31.1 Å². The molecule has 0 saturated carbocycles. The molecule has 0 aliphatic carbocycles. The summed E-state index contributed by atoms with van der Waals surface area (Å²) in [5.41, 5.74) is 0. The molecular weight excluding hydrogens is 841 g/mol. The maximum atomic E-state index is 12.7. The summed E-state index contributed by atoms with van der Waals surface area (Å²) in [6, 6.07) is 0.